The van der Waals surface area contributed by atoms with Gasteiger partial charge >= 0.3 is 12.1 Å². The number of esters is 1. The van der Waals surface area contributed by atoms with E-state index in [4.69, 9.17) is 4.74 Å². The minimum atomic E-state index is -4.49. The smallest absolute Gasteiger partial charge is 0.416 e. The molecule has 1 aliphatic heterocycles. The Morgan fingerprint density at radius 1 is 1.21 bits per heavy atom. The molecule has 2 amide bonds. The summed E-state index contributed by atoms with van der Waals surface area (Å²) >= 11 is 0. The molecule has 1 saturated heterocycles. The molecule has 0 aliphatic carbocycles. The zero-order chi connectivity index (χ0) is 21.6. The maximum Gasteiger partial charge on any atom is 0.416 e. The SMILES string of the molecule is CCC1CCCCN1C(=O)C(C)OC(=O)CNC(=O)c1ccc(C(F)(F)F)cc1. The lowest BCUT2D eigenvalue weighted by atomic mass is 9.99. The van der Waals surface area contributed by atoms with Crippen LogP contribution in [0.2, 0.25) is 0 Å². The fourth-order valence-corrected chi connectivity index (χ4v) is 3.30. The predicted molar refractivity (Wildman–Crippen MR) is 99.0 cm³/mol. The maximum absolute atomic E-state index is 12.5. The highest BCUT2D eigenvalue weighted by molar-refractivity contribution is 5.96. The first kappa shape index (κ1) is 22.7. The first-order valence-corrected chi connectivity index (χ1v) is 9.59. The summed E-state index contributed by atoms with van der Waals surface area (Å²) in [4.78, 5) is 38.2. The molecule has 0 spiro atoms. The van der Waals surface area contributed by atoms with E-state index in [-0.39, 0.29) is 17.5 Å². The second-order valence-corrected chi connectivity index (χ2v) is 6.98. The van der Waals surface area contributed by atoms with Gasteiger partial charge < -0.3 is 15.0 Å². The number of amides is 2. The van der Waals surface area contributed by atoms with Gasteiger partial charge in [0.25, 0.3) is 11.8 Å². The minimum absolute atomic E-state index is 0.0194. The number of halogens is 3. The summed E-state index contributed by atoms with van der Waals surface area (Å²) in [7, 11) is 0. The van der Waals surface area contributed by atoms with E-state index in [1.165, 1.54) is 6.92 Å². The van der Waals surface area contributed by atoms with E-state index >= 15 is 0 Å². The van der Waals surface area contributed by atoms with Gasteiger partial charge in [-0.3, -0.25) is 14.4 Å². The van der Waals surface area contributed by atoms with Crippen molar-refractivity contribution in [2.24, 2.45) is 0 Å². The van der Waals surface area contributed by atoms with Crippen molar-refractivity contribution in [1.29, 1.82) is 0 Å². The molecule has 1 heterocycles. The lowest BCUT2D eigenvalue weighted by Crippen LogP contribution is -2.48. The molecule has 1 aliphatic rings. The number of nitrogens with one attached hydrogen (secondary N) is 1. The molecule has 1 fully saturated rings. The van der Waals surface area contributed by atoms with E-state index in [9.17, 15) is 27.6 Å². The first-order chi connectivity index (χ1) is 13.6. The lowest BCUT2D eigenvalue weighted by Gasteiger charge is -2.36. The third-order valence-electron chi connectivity index (χ3n) is 4.91. The van der Waals surface area contributed by atoms with Crippen LogP contribution in [0, 0.1) is 0 Å². The highest BCUT2D eigenvalue weighted by atomic mass is 19.4. The largest absolute Gasteiger partial charge is 0.451 e. The molecule has 1 aromatic carbocycles. The Bertz CT molecular complexity index is 734. The molecular formula is C20H25F3N2O4. The van der Waals surface area contributed by atoms with Crippen molar-refractivity contribution < 1.29 is 32.3 Å². The van der Waals surface area contributed by atoms with Crippen LogP contribution in [0.1, 0.15) is 55.5 Å². The summed E-state index contributed by atoms with van der Waals surface area (Å²) in [6.07, 6.45) is -1.75. The molecular weight excluding hydrogens is 389 g/mol. The summed E-state index contributed by atoms with van der Waals surface area (Å²) in [6.45, 7) is 3.63. The van der Waals surface area contributed by atoms with Gasteiger partial charge in [-0.2, -0.15) is 13.2 Å². The number of alkyl halides is 3. The van der Waals surface area contributed by atoms with Gasteiger partial charge in [0.15, 0.2) is 6.10 Å². The van der Waals surface area contributed by atoms with Crippen LogP contribution in [0.25, 0.3) is 0 Å². The standard InChI is InChI=1S/C20H25F3N2O4/c1-3-16-6-4-5-11-25(16)19(28)13(2)29-17(26)12-24-18(27)14-7-9-15(10-8-14)20(21,22)23/h7-10,13,16H,3-6,11-12H2,1-2H3,(H,24,27). The van der Waals surface area contributed by atoms with Crippen LogP contribution in [-0.4, -0.2) is 47.9 Å². The van der Waals surface area contributed by atoms with Gasteiger partial charge in [-0.1, -0.05) is 6.92 Å². The van der Waals surface area contributed by atoms with E-state index in [2.05, 4.69) is 5.32 Å². The summed E-state index contributed by atoms with van der Waals surface area (Å²) < 4.78 is 42.8. The third-order valence-corrected chi connectivity index (χ3v) is 4.91. The summed E-state index contributed by atoms with van der Waals surface area (Å²) in [5.74, 6) is -1.77. The Morgan fingerprint density at radius 3 is 2.45 bits per heavy atom. The van der Waals surface area contributed by atoms with Crippen molar-refractivity contribution in [3.8, 4) is 0 Å². The Balaban J connectivity index is 1.84. The Labute approximate surface area is 167 Å². The van der Waals surface area contributed by atoms with Crippen LogP contribution >= 0.6 is 0 Å². The van der Waals surface area contributed by atoms with E-state index in [1.807, 2.05) is 6.92 Å². The van der Waals surface area contributed by atoms with Crippen molar-refractivity contribution in [2.45, 2.75) is 57.9 Å². The molecule has 0 bridgehead atoms. The second-order valence-electron chi connectivity index (χ2n) is 6.98. The molecule has 2 atom stereocenters. The first-order valence-electron chi connectivity index (χ1n) is 9.59. The topological polar surface area (TPSA) is 75.7 Å². The molecule has 29 heavy (non-hydrogen) atoms. The van der Waals surface area contributed by atoms with Gasteiger partial charge in [-0.15, -0.1) is 0 Å². The molecule has 1 N–H and O–H groups in total. The van der Waals surface area contributed by atoms with Crippen LogP contribution in [-0.2, 0) is 20.5 Å². The van der Waals surface area contributed by atoms with Gasteiger partial charge in [0.05, 0.1) is 5.56 Å². The molecule has 1 aromatic rings. The van der Waals surface area contributed by atoms with E-state index in [1.54, 1.807) is 4.90 Å². The maximum atomic E-state index is 12.5. The average Bonchev–Trinajstić information content (AvgIpc) is 2.70. The van der Waals surface area contributed by atoms with E-state index in [0.29, 0.717) is 6.54 Å². The zero-order valence-corrected chi connectivity index (χ0v) is 16.4. The molecule has 160 valence electrons. The van der Waals surface area contributed by atoms with Gasteiger partial charge in [0.2, 0.25) is 0 Å². The van der Waals surface area contributed by atoms with Crippen LogP contribution in [0.3, 0.4) is 0 Å². The van der Waals surface area contributed by atoms with Gasteiger partial charge in [0, 0.05) is 18.2 Å². The monoisotopic (exact) mass is 414 g/mol. The number of nitrogens with zero attached hydrogens (tertiary/aromatic N) is 1. The molecule has 0 radical (unpaired) electrons. The van der Waals surface area contributed by atoms with Crippen LogP contribution in [0.5, 0.6) is 0 Å². The predicted octanol–water partition coefficient (Wildman–Crippen LogP) is 3.16. The van der Waals surface area contributed by atoms with E-state index in [0.717, 1.165) is 49.9 Å². The zero-order valence-electron chi connectivity index (χ0n) is 16.4. The molecule has 6 nitrogen and oxygen atoms in total. The van der Waals surface area contributed by atoms with Crippen LogP contribution in [0.4, 0.5) is 13.2 Å². The Kier molecular flexibility index (Phi) is 7.64. The molecule has 2 rings (SSSR count). The lowest BCUT2D eigenvalue weighted by molar-refractivity contribution is -0.160. The molecule has 0 saturated carbocycles. The van der Waals surface area contributed by atoms with Gasteiger partial charge in [-0.05, 0) is 56.9 Å². The summed E-state index contributed by atoms with van der Waals surface area (Å²) in [5.41, 5.74) is -0.891. The summed E-state index contributed by atoms with van der Waals surface area (Å²) in [6, 6.07) is 3.76. The number of carbonyl (C=O) groups is 3. The van der Waals surface area contributed by atoms with Crippen molar-refractivity contribution in [3.63, 3.8) is 0 Å². The van der Waals surface area contributed by atoms with Gasteiger partial charge in [-0.25, -0.2) is 0 Å². The highest BCUT2D eigenvalue weighted by Gasteiger charge is 2.31. The fraction of sp³-hybridized carbons (Fsp3) is 0.550. The number of hydrogen-bond acceptors (Lipinski definition) is 4. The van der Waals surface area contributed by atoms with Crippen molar-refractivity contribution in [2.75, 3.05) is 13.1 Å². The average molecular weight is 414 g/mol. The van der Waals surface area contributed by atoms with Gasteiger partial charge in [0.1, 0.15) is 6.54 Å². The number of ether oxygens (including phenoxy) is 1. The minimum Gasteiger partial charge on any atom is -0.451 e. The quantitative estimate of drug-likeness (QED) is 0.726. The molecule has 2 unspecified atom stereocenters. The number of hydrogen-bond donors (Lipinski definition) is 1. The number of carbonyl (C=O) groups excluding carboxylic acids is 3. The summed E-state index contributed by atoms with van der Waals surface area (Å²) in [5, 5.41) is 2.28. The van der Waals surface area contributed by atoms with Crippen molar-refractivity contribution >= 4 is 17.8 Å². The van der Waals surface area contributed by atoms with Crippen molar-refractivity contribution in [1.82, 2.24) is 10.2 Å². The number of likely N-dealkylation sites (tertiary alicyclic amines) is 1. The Morgan fingerprint density at radius 2 is 1.86 bits per heavy atom. The number of benzene rings is 1. The van der Waals surface area contributed by atoms with Crippen LogP contribution < -0.4 is 5.32 Å². The number of rotatable bonds is 6. The third kappa shape index (κ3) is 6.20. The fourth-order valence-electron chi connectivity index (χ4n) is 3.30. The van der Waals surface area contributed by atoms with Crippen LogP contribution in [0.15, 0.2) is 24.3 Å². The molecule has 0 aromatic heterocycles. The van der Waals surface area contributed by atoms with Crippen molar-refractivity contribution in [3.05, 3.63) is 35.4 Å². The second kappa shape index (κ2) is 9.76. The Hall–Kier alpha value is -2.58. The molecule has 9 heteroatoms. The normalized spacial score (nSPS) is 18.1. The van der Waals surface area contributed by atoms with E-state index < -0.39 is 36.3 Å². The highest BCUT2D eigenvalue weighted by Crippen LogP contribution is 2.29. The number of piperidine rings is 1.